The third kappa shape index (κ3) is 3.25. The van der Waals surface area contributed by atoms with Crippen LogP contribution in [-0.4, -0.2) is 55.2 Å². The standard InChI is InChI=1S/C12H17N3O2/c1-15(9-11-8-14-5-6-17-11)12(16)10-3-2-4-13-7-10/h2-4,7,11,14H,5-6,8-9H2,1H3. The number of carbonyl (C=O) groups is 1. The molecular formula is C12H17N3O2. The van der Waals surface area contributed by atoms with Crippen molar-refractivity contribution < 1.29 is 9.53 Å². The molecule has 5 heteroatoms. The normalized spacial score (nSPS) is 19.9. The Balaban J connectivity index is 1.91. The number of hydrogen-bond donors (Lipinski definition) is 1. The molecule has 2 rings (SSSR count). The van der Waals surface area contributed by atoms with E-state index in [0.29, 0.717) is 18.7 Å². The first kappa shape index (κ1) is 12.0. The molecule has 1 aromatic rings. The molecule has 1 unspecified atom stereocenters. The van der Waals surface area contributed by atoms with Gasteiger partial charge in [-0.25, -0.2) is 0 Å². The zero-order valence-corrected chi connectivity index (χ0v) is 9.93. The fourth-order valence-electron chi connectivity index (χ4n) is 1.84. The number of hydrogen-bond acceptors (Lipinski definition) is 4. The van der Waals surface area contributed by atoms with Crippen molar-refractivity contribution in [1.82, 2.24) is 15.2 Å². The summed E-state index contributed by atoms with van der Waals surface area (Å²) in [6, 6.07) is 3.53. The first-order chi connectivity index (χ1) is 8.27. The van der Waals surface area contributed by atoms with E-state index in [1.54, 1.807) is 36.5 Å². The Morgan fingerprint density at radius 2 is 2.59 bits per heavy atom. The van der Waals surface area contributed by atoms with Crippen molar-refractivity contribution in [1.29, 1.82) is 0 Å². The number of rotatable bonds is 3. The van der Waals surface area contributed by atoms with Gasteiger partial charge in [0.25, 0.3) is 5.91 Å². The van der Waals surface area contributed by atoms with Crippen LogP contribution in [0.1, 0.15) is 10.4 Å². The van der Waals surface area contributed by atoms with Gasteiger partial charge in [0, 0.05) is 39.1 Å². The molecule has 5 nitrogen and oxygen atoms in total. The number of nitrogens with zero attached hydrogens (tertiary/aromatic N) is 2. The average Bonchev–Trinajstić information content (AvgIpc) is 2.40. The Kier molecular flexibility index (Phi) is 4.06. The molecule has 0 aromatic carbocycles. The second kappa shape index (κ2) is 5.75. The van der Waals surface area contributed by atoms with Crippen LogP contribution >= 0.6 is 0 Å². The highest BCUT2D eigenvalue weighted by atomic mass is 16.5. The smallest absolute Gasteiger partial charge is 0.255 e. The monoisotopic (exact) mass is 235 g/mol. The minimum atomic E-state index is -0.0210. The number of likely N-dealkylation sites (N-methyl/N-ethyl adjacent to an activating group) is 1. The van der Waals surface area contributed by atoms with Gasteiger partial charge >= 0.3 is 0 Å². The van der Waals surface area contributed by atoms with Crippen molar-refractivity contribution in [3.05, 3.63) is 30.1 Å². The van der Waals surface area contributed by atoms with E-state index < -0.39 is 0 Å². The number of nitrogens with one attached hydrogen (secondary N) is 1. The fraction of sp³-hybridized carbons (Fsp3) is 0.500. The molecule has 1 aliphatic heterocycles. The maximum atomic E-state index is 12.0. The van der Waals surface area contributed by atoms with E-state index in [0.717, 1.165) is 13.1 Å². The molecule has 1 amide bonds. The van der Waals surface area contributed by atoms with Crippen LogP contribution in [0.15, 0.2) is 24.5 Å². The lowest BCUT2D eigenvalue weighted by Gasteiger charge is -2.28. The summed E-state index contributed by atoms with van der Waals surface area (Å²) >= 11 is 0. The maximum Gasteiger partial charge on any atom is 0.255 e. The molecule has 1 saturated heterocycles. The Morgan fingerprint density at radius 1 is 1.71 bits per heavy atom. The van der Waals surface area contributed by atoms with Crippen molar-refractivity contribution in [3.8, 4) is 0 Å². The van der Waals surface area contributed by atoms with E-state index in [1.807, 2.05) is 0 Å². The number of morpholine rings is 1. The SMILES string of the molecule is CN(CC1CNCCO1)C(=O)c1cccnc1. The predicted octanol–water partition coefficient (Wildman–Crippen LogP) is 0.142. The van der Waals surface area contributed by atoms with Crippen LogP contribution in [0.5, 0.6) is 0 Å². The van der Waals surface area contributed by atoms with Crippen molar-refractivity contribution in [2.24, 2.45) is 0 Å². The van der Waals surface area contributed by atoms with Crippen molar-refractivity contribution in [2.45, 2.75) is 6.10 Å². The number of aromatic nitrogens is 1. The summed E-state index contributed by atoms with van der Waals surface area (Å²) in [6.07, 6.45) is 3.32. The van der Waals surface area contributed by atoms with Crippen LogP contribution in [0.3, 0.4) is 0 Å². The van der Waals surface area contributed by atoms with Gasteiger partial charge in [0.15, 0.2) is 0 Å². The molecule has 0 radical (unpaired) electrons. The Bertz CT molecular complexity index is 363. The first-order valence-electron chi connectivity index (χ1n) is 5.75. The van der Waals surface area contributed by atoms with E-state index in [9.17, 15) is 4.79 Å². The minimum absolute atomic E-state index is 0.0210. The Labute approximate surface area is 101 Å². The number of ether oxygens (including phenoxy) is 1. The summed E-state index contributed by atoms with van der Waals surface area (Å²) in [5.74, 6) is -0.0210. The summed E-state index contributed by atoms with van der Waals surface area (Å²) in [4.78, 5) is 17.6. The zero-order valence-electron chi connectivity index (χ0n) is 9.93. The summed E-state index contributed by atoms with van der Waals surface area (Å²) < 4.78 is 5.56. The largest absolute Gasteiger partial charge is 0.374 e. The summed E-state index contributed by atoms with van der Waals surface area (Å²) in [5.41, 5.74) is 0.610. The van der Waals surface area contributed by atoms with Gasteiger partial charge in [-0.15, -0.1) is 0 Å². The van der Waals surface area contributed by atoms with Gasteiger partial charge in [-0.1, -0.05) is 0 Å². The Hall–Kier alpha value is -1.46. The molecule has 1 aromatic heterocycles. The quantitative estimate of drug-likeness (QED) is 0.810. The van der Waals surface area contributed by atoms with Crippen LogP contribution in [0.2, 0.25) is 0 Å². The zero-order chi connectivity index (χ0) is 12.1. The molecule has 0 bridgehead atoms. The lowest BCUT2D eigenvalue weighted by molar-refractivity contribution is 0.0104. The number of carbonyl (C=O) groups excluding carboxylic acids is 1. The molecule has 92 valence electrons. The van der Waals surface area contributed by atoms with Gasteiger partial charge in [0.2, 0.25) is 0 Å². The molecule has 0 spiro atoms. The highest BCUT2D eigenvalue weighted by molar-refractivity contribution is 5.93. The summed E-state index contributed by atoms with van der Waals surface area (Å²) in [7, 11) is 1.79. The average molecular weight is 235 g/mol. The Morgan fingerprint density at radius 3 is 3.24 bits per heavy atom. The molecule has 1 atom stereocenters. The number of pyridine rings is 1. The van der Waals surface area contributed by atoms with Crippen LogP contribution < -0.4 is 5.32 Å². The van der Waals surface area contributed by atoms with Gasteiger partial charge in [-0.2, -0.15) is 0 Å². The van der Waals surface area contributed by atoms with E-state index in [1.165, 1.54) is 0 Å². The topological polar surface area (TPSA) is 54.5 Å². The van der Waals surface area contributed by atoms with Crippen LogP contribution in [0, 0.1) is 0 Å². The molecule has 0 aliphatic carbocycles. The van der Waals surface area contributed by atoms with Gasteiger partial charge < -0.3 is 15.0 Å². The van der Waals surface area contributed by atoms with Crippen LogP contribution in [-0.2, 0) is 4.74 Å². The summed E-state index contributed by atoms with van der Waals surface area (Å²) in [6.45, 7) is 2.99. The van der Waals surface area contributed by atoms with Crippen molar-refractivity contribution in [3.63, 3.8) is 0 Å². The third-order valence-electron chi connectivity index (χ3n) is 2.74. The van der Waals surface area contributed by atoms with E-state index >= 15 is 0 Å². The molecule has 0 saturated carbocycles. The molecule has 1 fully saturated rings. The maximum absolute atomic E-state index is 12.0. The van der Waals surface area contributed by atoms with E-state index in [2.05, 4.69) is 10.3 Å². The lowest BCUT2D eigenvalue weighted by Crippen LogP contribution is -2.45. The molecule has 1 N–H and O–H groups in total. The molecular weight excluding hydrogens is 218 g/mol. The van der Waals surface area contributed by atoms with Gasteiger partial charge in [-0.3, -0.25) is 9.78 Å². The van der Waals surface area contributed by atoms with Gasteiger partial charge in [-0.05, 0) is 12.1 Å². The number of amides is 1. The second-order valence-electron chi connectivity index (χ2n) is 4.12. The highest BCUT2D eigenvalue weighted by Gasteiger charge is 2.19. The molecule has 1 aliphatic rings. The van der Waals surface area contributed by atoms with Crippen molar-refractivity contribution in [2.75, 3.05) is 33.3 Å². The van der Waals surface area contributed by atoms with Crippen LogP contribution in [0.4, 0.5) is 0 Å². The third-order valence-corrected chi connectivity index (χ3v) is 2.74. The van der Waals surface area contributed by atoms with Gasteiger partial charge in [0.1, 0.15) is 0 Å². The van der Waals surface area contributed by atoms with Crippen LogP contribution in [0.25, 0.3) is 0 Å². The van der Waals surface area contributed by atoms with E-state index in [-0.39, 0.29) is 12.0 Å². The van der Waals surface area contributed by atoms with Crippen molar-refractivity contribution >= 4 is 5.91 Å². The molecule has 2 heterocycles. The predicted molar refractivity (Wildman–Crippen MR) is 63.8 cm³/mol. The highest BCUT2D eigenvalue weighted by Crippen LogP contribution is 2.04. The minimum Gasteiger partial charge on any atom is -0.374 e. The fourth-order valence-corrected chi connectivity index (χ4v) is 1.84. The summed E-state index contributed by atoms with van der Waals surface area (Å²) in [5, 5.41) is 3.24. The lowest BCUT2D eigenvalue weighted by atomic mass is 10.2. The van der Waals surface area contributed by atoms with Gasteiger partial charge in [0.05, 0.1) is 18.3 Å². The first-order valence-corrected chi connectivity index (χ1v) is 5.75. The molecule has 17 heavy (non-hydrogen) atoms. The second-order valence-corrected chi connectivity index (χ2v) is 4.12. The van der Waals surface area contributed by atoms with E-state index in [4.69, 9.17) is 4.74 Å².